The number of nitrogens with one attached hydrogen (secondary N) is 2. The first kappa shape index (κ1) is 12.9. The molecule has 0 aliphatic rings. The van der Waals surface area contributed by atoms with Crippen LogP contribution < -0.4 is 15.8 Å². The van der Waals surface area contributed by atoms with Gasteiger partial charge in [-0.25, -0.2) is 0 Å². The average Bonchev–Trinajstić information content (AvgIpc) is 2.91. The number of aromatic nitrogens is 2. The van der Waals surface area contributed by atoms with E-state index in [2.05, 4.69) is 15.5 Å². The first-order chi connectivity index (χ1) is 9.15. The molecular weight excluding hydrogens is 244 g/mol. The van der Waals surface area contributed by atoms with Gasteiger partial charge in [0.15, 0.2) is 6.61 Å². The highest BCUT2D eigenvalue weighted by atomic mass is 16.5. The van der Waals surface area contributed by atoms with Gasteiger partial charge in [0.25, 0.3) is 5.91 Å². The minimum Gasteiger partial charge on any atom is -0.484 e. The van der Waals surface area contributed by atoms with Crippen molar-refractivity contribution in [3.05, 3.63) is 42.2 Å². The maximum Gasteiger partial charge on any atom is 0.255 e. The van der Waals surface area contributed by atoms with Crippen LogP contribution in [-0.4, -0.2) is 22.7 Å². The number of nitrogens with two attached hydrogens (primary N) is 1. The second-order valence-corrected chi connectivity index (χ2v) is 4.16. The van der Waals surface area contributed by atoms with Gasteiger partial charge in [-0.3, -0.25) is 9.89 Å². The summed E-state index contributed by atoms with van der Waals surface area (Å²) >= 11 is 0. The van der Waals surface area contributed by atoms with Gasteiger partial charge in [0.2, 0.25) is 0 Å². The molecule has 0 bridgehead atoms. The minimum absolute atomic E-state index is 0.0916. The number of aromatic amines is 1. The summed E-state index contributed by atoms with van der Waals surface area (Å²) in [7, 11) is 0. The fourth-order valence-corrected chi connectivity index (χ4v) is 1.67. The molecule has 1 heterocycles. The number of hydrogen-bond donors (Lipinski definition) is 3. The number of carbonyl (C=O) groups is 1. The van der Waals surface area contributed by atoms with Gasteiger partial charge in [-0.15, -0.1) is 0 Å². The summed E-state index contributed by atoms with van der Waals surface area (Å²) in [6.45, 7) is 1.89. The zero-order chi connectivity index (χ0) is 13.7. The first-order valence-electron chi connectivity index (χ1n) is 5.92. The van der Waals surface area contributed by atoms with E-state index < -0.39 is 5.91 Å². The predicted octanol–water partition coefficient (Wildman–Crippen LogP) is 1.45. The van der Waals surface area contributed by atoms with E-state index in [4.69, 9.17) is 10.5 Å². The summed E-state index contributed by atoms with van der Waals surface area (Å²) in [6, 6.07) is 9.35. The zero-order valence-electron chi connectivity index (χ0n) is 10.6. The van der Waals surface area contributed by atoms with Gasteiger partial charge in [-0.1, -0.05) is 6.07 Å². The number of H-pyrrole nitrogens is 1. The summed E-state index contributed by atoms with van der Waals surface area (Å²) in [4.78, 5) is 10.7. The van der Waals surface area contributed by atoms with Crippen LogP contribution in [-0.2, 0) is 4.79 Å². The molecule has 0 radical (unpaired) electrons. The van der Waals surface area contributed by atoms with Crippen molar-refractivity contribution in [3.8, 4) is 5.75 Å². The SMILES string of the molecule is CC(Nc1cccc(OCC(N)=O)c1)c1ccn[nH]1. The van der Waals surface area contributed by atoms with Crippen LogP contribution in [0.4, 0.5) is 5.69 Å². The molecule has 4 N–H and O–H groups in total. The molecule has 0 aliphatic heterocycles. The highest BCUT2D eigenvalue weighted by Gasteiger charge is 2.07. The Kier molecular flexibility index (Phi) is 4.02. The Morgan fingerprint density at radius 2 is 2.37 bits per heavy atom. The number of rotatable bonds is 6. The van der Waals surface area contributed by atoms with E-state index in [1.54, 1.807) is 12.3 Å². The van der Waals surface area contributed by atoms with Gasteiger partial charge in [0.05, 0.1) is 11.7 Å². The average molecular weight is 260 g/mol. The van der Waals surface area contributed by atoms with Crippen LogP contribution in [0.1, 0.15) is 18.7 Å². The Hall–Kier alpha value is -2.50. The largest absolute Gasteiger partial charge is 0.484 e. The lowest BCUT2D eigenvalue weighted by atomic mass is 10.2. The minimum atomic E-state index is -0.496. The van der Waals surface area contributed by atoms with E-state index in [0.717, 1.165) is 11.4 Å². The van der Waals surface area contributed by atoms with Crippen LogP contribution in [0.25, 0.3) is 0 Å². The van der Waals surface area contributed by atoms with Gasteiger partial charge < -0.3 is 15.8 Å². The van der Waals surface area contributed by atoms with Gasteiger partial charge >= 0.3 is 0 Å². The number of hydrogen-bond acceptors (Lipinski definition) is 4. The fourth-order valence-electron chi connectivity index (χ4n) is 1.67. The highest BCUT2D eigenvalue weighted by Crippen LogP contribution is 2.21. The van der Waals surface area contributed by atoms with Crippen molar-refractivity contribution < 1.29 is 9.53 Å². The van der Waals surface area contributed by atoms with Gasteiger partial charge in [0, 0.05) is 18.0 Å². The fraction of sp³-hybridized carbons (Fsp3) is 0.231. The second kappa shape index (κ2) is 5.90. The number of benzene rings is 1. The van der Waals surface area contributed by atoms with E-state index in [1.165, 1.54) is 0 Å². The maximum absolute atomic E-state index is 10.7. The summed E-state index contributed by atoms with van der Waals surface area (Å²) in [5.74, 6) is 0.102. The van der Waals surface area contributed by atoms with Gasteiger partial charge in [-0.2, -0.15) is 5.10 Å². The quantitative estimate of drug-likeness (QED) is 0.732. The molecule has 1 aromatic carbocycles. The van der Waals surface area contributed by atoms with Crippen LogP contribution in [0.5, 0.6) is 5.75 Å². The number of primary amides is 1. The van der Waals surface area contributed by atoms with Gasteiger partial charge in [-0.05, 0) is 25.1 Å². The smallest absolute Gasteiger partial charge is 0.255 e. The Morgan fingerprint density at radius 1 is 1.53 bits per heavy atom. The molecule has 6 heteroatoms. The molecule has 1 atom stereocenters. The number of ether oxygens (including phenoxy) is 1. The third-order valence-corrected chi connectivity index (χ3v) is 2.59. The molecule has 0 saturated heterocycles. The lowest BCUT2D eigenvalue weighted by molar-refractivity contribution is -0.119. The van der Waals surface area contributed by atoms with Crippen molar-refractivity contribution in [1.29, 1.82) is 0 Å². The summed E-state index contributed by atoms with van der Waals surface area (Å²) in [5, 5.41) is 10.1. The molecule has 0 fully saturated rings. The standard InChI is InChI=1S/C13H16N4O2/c1-9(12-5-6-15-17-12)16-10-3-2-4-11(7-10)19-8-13(14)18/h2-7,9,16H,8H2,1H3,(H2,14,18)(H,15,17). The Labute approximate surface area is 111 Å². The molecular formula is C13H16N4O2. The summed E-state index contributed by atoms with van der Waals surface area (Å²) in [6.07, 6.45) is 1.71. The van der Waals surface area contributed by atoms with Crippen molar-refractivity contribution >= 4 is 11.6 Å². The molecule has 0 aliphatic carbocycles. The number of nitrogens with zero attached hydrogens (tertiary/aromatic N) is 1. The Morgan fingerprint density at radius 3 is 3.05 bits per heavy atom. The van der Waals surface area contributed by atoms with Crippen LogP contribution in [0.2, 0.25) is 0 Å². The lowest BCUT2D eigenvalue weighted by Crippen LogP contribution is -2.20. The molecule has 0 spiro atoms. The van der Waals surface area contributed by atoms with E-state index in [0.29, 0.717) is 5.75 Å². The second-order valence-electron chi connectivity index (χ2n) is 4.16. The molecule has 2 rings (SSSR count). The Balaban J connectivity index is 2.00. The van der Waals surface area contributed by atoms with Gasteiger partial charge in [0.1, 0.15) is 5.75 Å². The summed E-state index contributed by atoms with van der Waals surface area (Å²) in [5.41, 5.74) is 6.91. The Bertz CT molecular complexity index is 539. The van der Waals surface area contributed by atoms with Crippen LogP contribution in [0.15, 0.2) is 36.5 Å². The third kappa shape index (κ3) is 3.74. The van der Waals surface area contributed by atoms with Crippen molar-refractivity contribution in [1.82, 2.24) is 10.2 Å². The highest BCUT2D eigenvalue weighted by molar-refractivity contribution is 5.75. The molecule has 19 heavy (non-hydrogen) atoms. The topological polar surface area (TPSA) is 93.0 Å². The molecule has 1 amide bonds. The van der Waals surface area contributed by atoms with Crippen LogP contribution in [0, 0.1) is 0 Å². The number of anilines is 1. The van der Waals surface area contributed by atoms with Crippen molar-refractivity contribution in [3.63, 3.8) is 0 Å². The van der Waals surface area contributed by atoms with Crippen molar-refractivity contribution in [2.45, 2.75) is 13.0 Å². The first-order valence-corrected chi connectivity index (χ1v) is 5.92. The van der Waals surface area contributed by atoms with E-state index >= 15 is 0 Å². The third-order valence-electron chi connectivity index (χ3n) is 2.59. The normalized spacial score (nSPS) is 11.8. The molecule has 6 nitrogen and oxygen atoms in total. The van der Waals surface area contributed by atoms with Crippen LogP contribution in [0.3, 0.4) is 0 Å². The number of carbonyl (C=O) groups excluding carboxylic acids is 1. The van der Waals surface area contributed by atoms with Crippen LogP contribution >= 0.6 is 0 Å². The van der Waals surface area contributed by atoms with E-state index in [9.17, 15) is 4.79 Å². The zero-order valence-corrected chi connectivity index (χ0v) is 10.6. The van der Waals surface area contributed by atoms with E-state index in [1.807, 2.05) is 31.2 Å². The summed E-state index contributed by atoms with van der Waals surface area (Å²) < 4.78 is 5.25. The lowest BCUT2D eigenvalue weighted by Gasteiger charge is -2.14. The monoisotopic (exact) mass is 260 g/mol. The molecule has 1 aromatic heterocycles. The molecule has 1 unspecified atom stereocenters. The van der Waals surface area contributed by atoms with Crippen molar-refractivity contribution in [2.24, 2.45) is 5.73 Å². The van der Waals surface area contributed by atoms with Crippen molar-refractivity contribution in [2.75, 3.05) is 11.9 Å². The predicted molar refractivity (Wildman–Crippen MR) is 71.8 cm³/mol. The molecule has 0 saturated carbocycles. The maximum atomic E-state index is 10.7. The molecule has 100 valence electrons. The molecule has 2 aromatic rings. The van der Waals surface area contributed by atoms with E-state index in [-0.39, 0.29) is 12.6 Å². The number of amides is 1.